The highest BCUT2D eigenvalue weighted by Crippen LogP contribution is 2.30. The number of aryl methyl sites for hydroxylation is 2. The first-order chi connectivity index (χ1) is 9.52. The van der Waals surface area contributed by atoms with Crippen molar-refractivity contribution in [1.29, 1.82) is 0 Å². The standard InChI is InChI=1S/C15H23N3O2/c1-9-6-10(2)18-15(20)13(9)8-17-14(19)12-5-3-4-11(12)7-16/h6,11-12H,3-5,7-8,16H2,1-2H3,(H,17,19)(H,18,20)/t11-,12-/m1/s1. The second-order valence-corrected chi connectivity index (χ2v) is 5.69. The Morgan fingerprint density at radius 1 is 1.45 bits per heavy atom. The zero-order chi connectivity index (χ0) is 14.7. The largest absolute Gasteiger partial charge is 0.352 e. The minimum atomic E-state index is -0.121. The molecule has 0 unspecified atom stereocenters. The van der Waals surface area contributed by atoms with Gasteiger partial charge in [-0.25, -0.2) is 0 Å². The van der Waals surface area contributed by atoms with E-state index in [1.165, 1.54) is 0 Å². The monoisotopic (exact) mass is 277 g/mol. The summed E-state index contributed by atoms with van der Waals surface area (Å²) in [6.07, 6.45) is 2.99. The van der Waals surface area contributed by atoms with E-state index >= 15 is 0 Å². The van der Waals surface area contributed by atoms with Gasteiger partial charge in [0.05, 0.1) is 0 Å². The van der Waals surface area contributed by atoms with E-state index in [1.54, 1.807) is 0 Å². The molecule has 1 fully saturated rings. The van der Waals surface area contributed by atoms with Gasteiger partial charge in [-0.3, -0.25) is 9.59 Å². The maximum absolute atomic E-state index is 12.2. The number of nitrogens with one attached hydrogen (secondary N) is 2. The summed E-state index contributed by atoms with van der Waals surface area (Å²) in [5, 5.41) is 2.89. The van der Waals surface area contributed by atoms with Crippen LogP contribution in [-0.2, 0) is 11.3 Å². The summed E-state index contributed by atoms with van der Waals surface area (Å²) in [5.74, 6) is 0.314. The second kappa shape index (κ2) is 6.22. The fraction of sp³-hybridized carbons (Fsp3) is 0.600. The van der Waals surface area contributed by atoms with E-state index in [0.717, 1.165) is 30.5 Å². The Kier molecular flexibility index (Phi) is 4.60. The fourth-order valence-corrected chi connectivity index (χ4v) is 3.07. The Balaban J connectivity index is 2.02. The van der Waals surface area contributed by atoms with Crippen molar-refractivity contribution in [1.82, 2.24) is 10.3 Å². The summed E-state index contributed by atoms with van der Waals surface area (Å²) < 4.78 is 0. The van der Waals surface area contributed by atoms with Gasteiger partial charge in [-0.05, 0) is 50.8 Å². The molecule has 0 radical (unpaired) electrons. The van der Waals surface area contributed by atoms with Crippen LogP contribution < -0.4 is 16.6 Å². The van der Waals surface area contributed by atoms with Crippen LogP contribution in [0.5, 0.6) is 0 Å². The van der Waals surface area contributed by atoms with Gasteiger partial charge >= 0.3 is 0 Å². The number of carbonyl (C=O) groups is 1. The lowest BCUT2D eigenvalue weighted by atomic mass is 9.95. The minimum absolute atomic E-state index is 0.00448. The predicted octanol–water partition coefficient (Wildman–Crippen LogP) is 0.983. The van der Waals surface area contributed by atoms with Gasteiger partial charge in [-0.2, -0.15) is 0 Å². The van der Waals surface area contributed by atoms with Crippen molar-refractivity contribution >= 4 is 5.91 Å². The van der Waals surface area contributed by atoms with E-state index in [0.29, 0.717) is 12.1 Å². The topological polar surface area (TPSA) is 88.0 Å². The zero-order valence-corrected chi connectivity index (χ0v) is 12.2. The van der Waals surface area contributed by atoms with Gasteiger partial charge in [0.25, 0.3) is 5.56 Å². The van der Waals surface area contributed by atoms with Crippen LogP contribution in [0.4, 0.5) is 0 Å². The number of aromatic nitrogens is 1. The highest BCUT2D eigenvalue weighted by molar-refractivity contribution is 5.79. The average Bonchev–Trinajstić information content (AvgIpc) is 2.85. The molecule has 110 valence electrons. The maximum Gasteiger partial charge on any atom is 0.253 e. The molecule has 0 aliphatic heterocycles. The van der Waals surface area contributed by atoms with Gasteiger partial charge in [0, 0.05) is 23.7 Å². The molecule has 2 atom stereocenters. The average molecular weight is 277 g/mol. The molecule has 0 aromatic carbocycles. The first kappa shape index (κ1) is 14.8. The van der Waals surface area contributed by atoms with Crippen molar-refractivity contribution in [3.63, 3.8) is 0 Å². The Bertz CT molecular complexity index is 551. The Hall–Kier alpha value is -1.62. The third-order valence-corrected chi connectivity index (χ3v) is 4.23. The van der Waals surface area contributed by atoms with Crippen molar-refractivity contribution in [2.75, 3.05) is 6.54 Å². The third-order valence-electron chi connectivity index (χ3n) is 4.23. The summed E-state index contributed by atoms with van der Waals surface area (Å²) in [6, 6.07) is 1.92. The van der Waals surface area contributed by atoms with E-state index in [-0.39, 0.29) is 29.8 Å². The molecule has 1 aliphatic rings. The summed E-state index contributed by atoms with van der Waals surface area (Å²) in [4.78, 5) is 26.9. The van der Waals surface area contributed by atoms with E-state index < -0.39 is 0 Å². The molecule has 1 amide bonds. The van der Waals surface area contributed by atoms with Crippen LogP contribution in [-0.4, -0.2) is 17.4 Å². The number of aromatic amines is 1. The first-order valence-corrected chi connectivity index (χ1v) is 7.20. The van der Waals surface area contributed by atoms with Crippen molar-refractivity contribution < 1.29 is 4.79 Å². The van der Waals surface area contributed by atoms with Crippen LogP contribution in [0.3, 0.4) is 0 Å². The molecule has 2 rings (SSSR count). The molecule has 5 nitrogen and oxygen atoms in total. The lowest BCUT2D eigenvalue weighted by Crippen LogP contribution is -2.36. The van der Waals surface area contributed by atoms with Crippen molar-refractivity contribution in [3.8, 4) is 0 Å². The lowest BCUT2D eigenvalue weighted by molar-refractivity contribution is -0.126. The predicted molar refractivity (Wildman–Crippen MR) is 78.3 cm³/mol. The minimum Gasteiger partial charge on any atom is -0.352 e. The van der Waals surface area contributed by atoms with Crippen LogP contribution in [0.1, 0.15) is 36.1 Å². The molecule has 1 saturated carbocycles. The first-order valence-electron chi connectivity index (χ1n) is 7.20. The Morgan fingerprint density at radius 2 is 2.20 bits per heavy atom. The van der Waals surface area contributed by atoms with Crippen LogP contribution in [0, 0.1) is 25.7 Å². The van der Waals surface area contributed by atoms with E-state index in [4.69, 9.17) is 5.73 Å². The normalized spacial score (nSPS) is 21.9. The van der Waals surface area contributed by atoms with Crippen molar-refractivity contribution in [2.45, 2.75) is 39.7 Å². The SMILES string of the molecule is Cc1cc(C)c(CNC(=O)[C@@H]2CCC[C@@H]2CN)c(=O)[nH]1. The molecular weight excluding hydrogens is 254 g/mol. The second-order valence-electron chi connectivity index (χ2n) is 5.69. The van der Waals surface area contributed by atoms with E-state index in [2.05, 4.69) is 10.3 Å². The molecule has 1 aromatic rings. The van der Waals surface area contributed by atoms with Gasteiger partial charge in [0.15, 0.2) is 0 Å². The van der Waals surface area contributed by atoms with Crippen LogP contribution in [0.2, 0.25) is 0 Å². The summed E-state index contributed by atoms with van der Waals surface area (Å²) in [7, 11) is 0. The van der Waals surface area contributed by atoms with Crippen molar-refractivity contribution in [3.05, 3.63) is 33.2 Å². The number of rotatable bonds is 4. The third kappa shape index (κ3) is 3.10. The Labute approximate surface area is 119 Å². The van der Waals surface area contributed by atoms with Gasteiger partial charge in [0.1, 0.15) is 0 Å². The van der Waals surface area contributed by atoms with Gasteiger partial charge in [-0.1, -0.05) is 6.42 Å². The summed E-state index contributed by atoms with van der Waals surface area (Å²) in [6.45, 7) is 4.58. The van der Waals surface area contributed by atoms with E-state index in [1.807, 2.05) is 19.9 Å². The lowest BCUT2D eigenvalue weighted by Gasteiger charge is -2.17. The maximum atomic E-state index is 12.2. The number of carbonyl (C=O) groups excluding carboxylic acids is 1. The molecule has 4 N–H and O–H groups in total. The Morgan fingerprint density at radius 3 is 2.85 bits per heavy atom. The summed E-state index contributed by atoms with van der Waals surface area (Å²) in [5.41, 5.74) is 7.95. The molecule has 20 heavy (non-hydrogen) atoms. The van der Waals surface area contributed by atoms with Crippen molar-refractivity contribution in [2.24, 2.45) is 17.6 Å². The molecule has 5 heteroatoms. The number of hydrogen-bond acceptors (Lipinski definition) is 3. The number of H-pyrrole nitrogens is 1. The smallest absolute Gasteiger partial charge is 0.253 e. The molecular formula is C15H23N3O2. The van der Waals surface area contributed by atoms with Gasteiger partial charge in [-0.15, -0.1) is 0 Å². The van der Waals surface area contributed by atoms with Crippen LogP contribution in [0.15, 0.2) is 10.9 Å². The highest BCUT2D eigenvalue weighted by Gasteiger charge is 2.31. The van der Waals surface area contributed by atoms with Crippen LogP contribution in [0.25, 0.3) is 0 Å². The number of hydrogen-bond donors (Lipinski definition) is 3. The van der Waals surface area contributed by atoms with E-state index in [9.17, 15) is 9.59 Å². The quantitative estimate of drug-likeness (QED) is 0.766. The molecule has 0 saturated heterocycles. The number of amides is 1. The molecule has 0 bridgehead atoms. The fourth-order valence-electron chi connectivity index (χ4n) is 3.07. The molecule has 1 aliphatic carbocycles. The number of pyridine rings is 1. The van der Waals surface area contributed by atoms with Gasteiger partial charge < -0.3 is 16.0 Å². The zero-order valence-electron chi connectivity index (χ0n) is 12.2. The highest BCUT2D eigenvalue weighted by atomic mass is 16.2. The van der Waals surface area contributed by atoms with Crippen LogP contribution >= 0.6 is 0 Å². The molecule has 1 aromatic heterocycles. The summed E-state index contributed by atoms with van der Waals surface area (Å²) >= 11 is 0. The van der Waals surface area contributed by atoms with Gasteiger partial charge in [0.2, 0.25) is 5.91 Å². The molecule has 1 heterocycles. The molecule has 0 spiro atoms. The number of nitrogens with two attached hydrogens (primary N) is 1.